The first-order chi connectivity index (χ1) is 10.6. The lowest BCUT2D eigenvalue weighted by atomic mass is 10.0. The number of carbonyl (C=O) groups excluding carboxylic acids is 1. The van der Waals surface area contributed by atoms with Crippen molar-refractivity contribution in [2.24, 2.45) is 5.92 Å². The van der Waals surface area contributed by atoms with Crippen molar-refractivity contribution >= 4 is 17.0 Å². The molecule has 0 radical (unpaired) electrons. The van der Waals surface area contributed by atoms with Crippen LogP contribution in [0.5, 0.6) is 0 Å². The summed E-state index contributed by atoms with van der Waals surface area (Å²) in [6.07, 6.45) is 1.71. The van der Waals surface area contributed by atoms with Crippen molar-refractivity contribution in [3.05, 3.63) is 26.5 Å². The molecule has 0 aliphatic carbocycles. The zero-order valence-electron chi connectivity index (χ0n) is 12.0. The lowest BCUT2D eigenvalue weighted by Gasteiger charge is -2.21. The average Bonchev–Trinajstić information content (AvgIpc) is 2.86. The van der Waals surface area contributed by atoms with Crippen LogP contribution >= 0.6 is 0 Å². The van der Waals surface area contributed by atoms with E-state index in [9.17, 15) is 14.4 Å². The number of fused-ring (bicyclic) bond motifs is 1. The van der Waals surface area contributed by atoms with Crippen molar-refractivity contribution in [1.82, 2.24) is 19.7 Å². The second kappa shape index (κ2) is 5.76. The summed E-state index contributed by atoms with van der Waals surface area (Å²) in [4.78, 5) is 39.9. The molecule has 2 N–H and O–H groups in total. The zero-order chi connectivity index (χ0) is 15.7. The van der Waals surface area contributed by atoms with Crippen LogP contribution in [-0.4, -0.2) is 46.0 Å². The van der Waals surface area contributed by atoms with Gasteiger partial charge in [-0.25, -0.2) is 9.59 Å². The van der Waals surface area contributed by atoms with Crippen LogP contribution in [0.15, 0.2) is 9.59 Å². The van der Waals surface area contributed by atoms with Gasteiger partial charge in [0, 0.05) is 19.8 Å². The van der Waals surface area contributed by atoms with Crippen LogP contribution in [0, 0.1) is 5.92 Å². The molecule has 9 nitrogen and oxygen atoms in total. The Morgan fingerprint density at radius 3 is 2.77 bits per heavy atom. The minimum Gasteiger partial charge on any atom is -0.464 e. The Labute approximate surface area is 124 Å². The third kappa shape index (κ3) is 2.54. The number of nitrogens with one attached hydrogen (secondary N) is 2. The minimum atomic E-state index is -0.697. The predicted molar refractivity (Wildman–Crippen MR) is 75.9 cm³/mol. The van der Waals surface area contributed by atoms with Crippen LogP contribution in [0.2, 0.25) is 0 Å². The van der Waals surface area contributed by atoms with E-state index < -0.39 is 17.2 Å². The van der Waals surface area contributed by atoms with Gasteiger partial charge in [0.25, 0.3) is 5.56 Å². The Bertz CT molecular complexity index is 812. The molecule has 0 saturated carbocycles. The first-order valence-corrected chi connectivity index (χ1v) is 6.99. The van der Waals surface area contributed by atoms with Gasteiger partial charge in [0.1, 0.15) is 5.52 Å². The number of nitrogens with zero attached hydrogens (tertiary/aromatic N) is 2. The van der Waals surface area contributed by atoms with Crippen molar-refractivity contribution in [3.63, 3.8) is 0 Å². The van der Waals surface area contributed by atoms with Gasteiger partial charge in [-0.1, -0.05) is 0 Å². The molecule has 1 fully saturated rings. The summed E-state index contributed by atoms with van der Waals surface area (Å²) >= 11 is 0. The standard InChI is InChI=1S/C13H16N4O5/c1-21-12(19)9-8-10(11(18)15-13(20)14-8)17(16-9)6-7-2-4-22-5-3-7/h7H,2-6H2,1H3,(H2,14,15,18,20). The fourth-order valence-electron chi connectivity index (χ4n) is 2.66. The number of methoxy groups -OCH3 is 1. The molecular weight excluding hydrogens is 292 g/mol. The highest BCUT2D eigenvalue weighted by molar-refractivity contribution is 5.99. The number of hydrogen-bond acceptors (Lipinski definition) is 6. The minimum absolute atomic E-state index is 0.0623. The average molecular weight is 308 g/mol. The van der Waals surface area contributed by atoms with Gasteiger partial charge >= 0.3 is 11.7 Å². The summed E-state index contributed by atoms with van der Waals surface area (Å²) in [6, 6.07) is 0. The Morgan fingerprint density at radius 2 is 2.09 bits per heavy atom. The van der Waals surface area contributed by atoms with Gasteiger partial charge in [0.15, 0.2) is 11.2 Å². The second-order valence-corrected chi connectivity index (χ2v) is 5.21. The smallest absolute Gasteiger partial charge is 0.360 e. The first-order valence-electron chi connectivity index (χ1n) is 6.99. The van der Waals surface area contributed by atoms with Crippen LogP contribution in [0.4, 0.5) is 0 Å². The van der Waals surface area contributed by atoms with Gasteiger partial charge in [0.2, 0.25) is 0 Å². The quantitative estimate of drug-likeness (QED) is 0.746. The van der Waals surface area contributed by atoms with Crippen molar-refractivity contribution in [2.45, 2.75) is 19.4 Å². The monoisotopic (exact) mass is 308 g/mol. The van der Waals surface area contributed by atoms with Crippen molar-refractivity contribution in [3.8, 4) is 0 Å². The van der Waals surface area contributed by atoms with E-state index >= 15 is 0 Å². The summed E-state index contributed by atoms with van der Waals surface area (Å²) in [5, 5.41) is 4.17. The van der Waals surface area contributed by atoms with E-state index in [1.807, 2.05) is 0 Å². The molecule has 0 aromatic carbocycles. The molecule has 3 rings (SSSR count). The fourth-order valence-corrected chi connectivity index (χ4v) is 2.66. The number of rotatable bonds is 3. The van der Waals surface area contributed by atoms with E-state index in [0.717, 1.165) is 12.8 Å². The predicted octanol–water partition coefficient (Wildman–Crippen LogP) is -0.374. The van der Waals surface area contributed by atoms with Crippen LogP contribution in [0.3, 0.4) is 0 Å². The van der Waals surface area contributed by atoms with Gasteiger partial charge in [0.05, 0.1) is 7.11 Å². The summed E-state index contributed by atoms with van der Waals surface area (Å²) in [5.74, 6) is -0.398. The maximum absolute atomic E-state index is 12.1. The zero-order valence-corrected chi connectivity index (χ0v) is 12.0. The van der Waals surface area contributed by atoms with E-state index in [1.54, 1.807) is 0 Å². The largest absolute Gasteiger partial charge is 0.464 e. The van der Waals surface area contributed by atoms with E-state index in [2.05, 4.69) is 19.8 Å². The first kappa shape index (κ1) is 14.5. The summed E-state index contributed by atoms with van der Waals surface area (Å²) in [7, 11) is 1.22. The Morgan fingerprint density at radius 1 is 1.36 bits per heavy atom. The molecule has 1 aliphatic heterocycles. The molecule has 2 aromatic heterocycles. The molecule has 1 aliphatic rings. The highest BCUT2D eigenvalue weighted by Crippen LogP contribution is 2.20. The molecular formula is C13H16N4O5. The number of aromatic nitrogens is 4. The highest BCUT2D eigenvalue weighted by Gasteiger charge is 2.23. The summed E-state index contributed by atoms with van der Waals surface area (Å²) in [6.45, 7) is 1.81. The molecule has 0 amide bonds. The summed E-state index contributed by atoms with van der Waals surface area (Å²) < 4.78 is 11.4. The van der Waals surface area contributed by atoms with Crippen LogP contribution < -0.4 is 11.2 Å². The Hall–Kier alpha value is -2.42. The molecule has 118 valence electrons. The molecule has 9 heteroatoms. The lowest BCUT2D eigenvalue weighted by molar-refractivity contribution is 0.0577. The Balaban J connectivity index is 2.11. The van der Waals surface area contributed by atoms with Gasteiger partial charge < -0.3 is 14.5 Å². The van der Waals surface area contributed by atoms with Gasteiger partial charge in [-0.15, -0.1) is 0 Å². The topological polar surface area (TPSA) is 119 Å². The molecule has 0 spiro atoms. The molecule has 22 heavy (non-hydrogen) atoms. The number of ether oxygens (including phenoxy) is 2. The normalized spacial score (nSPS) is 16.0. The van der Waals surface area contributed by atoms with Crippen molar-refractivity contribution in [1.29, 1.82) is 0 Å². The molecule has 2 aromatic rings. The Kier molecular flexibility index (Phi) is 3.80. The molecule has 3 heterocycles. The molecule has 0 atom stereocenters. The number of hydrogen-bond donors (Lipinski definition) is 2. The van der Waals surface area contributed by atoms with E-state index in [1.165, 1.54) is 11.8 Å². The van der Waals surface area contributed by atoms with Crippen molar-refractivity contribution in [2.75, 3.05) is 20.3 Å². The van der Waals surface area contributed by atoms with Gasteiger partial charge in [-0.3, -0.25) is 14.5 Å². The van der Waals surface area contributed by atoms with Crippen LogP contribution in [0.1, 0.15) is 23.3 Å². The van der Waals surface area contributed by atoms with Crippen molar-refractivity contribution < 1.29 is 14.3 Å². The van der Waals surface area contributed by atoms with Crippen LogP contribution in [-0.2, 0) is 16.0 Å². The highest BCUT2D eigenvalue weighted by atomic mass is 16.5. The SMILES string of the molecule is COC(=O)c1nn(CC2CCOCC2)c2c(=O)[nH]c(=O)[nH]c12. The third-order valence-electron chi connectivity index (χ3n) is 3.78. The maximum atomic E-state index is 12.1. The number of aromatic amines is 2. The molecule has 0 unspecified atom stereocenters. The number of esters is 1. The van der Waals surface area contributed by atoms with Gasteiger partial charge in [-0.2, -0.15) is 5.10 Å². The number of carbonyl (C=O) groups is 1. The third-order valence-corrected chi connectivity index (χ3v) is 3.78. The lowest BCUT2D eigenvalue weighted by Crippen LogP contribution is -2.26. The van der Waals surface area contributed by atoms with E-state index in [0.29, 0.717) is 25.7 Å². The number of H-pyrrole nitrogens is 2. The summed E-state index contributed by atoms with van der Waals surface area (Å²) in [5.41, 5.74) is -1.05. The van der Waals surface area contributed by atoms with Crippen LogP contribution in [0.25, 0.3) is 11.0 Å². The molecule has 0 bridgehead atoms. The van der Waals surface area contributed by atoms with E-state index in [4.69, 9.17) is 4.74 Å². The second-order valence-electron chi connectivity index (χ2n) is 5.21. The molecule has 1 saturated heterocycles. The fraction of sp³-hybridized carbons (Fsp3) is 0.538. The van der Waals surface area contributed by atoms with Gasteiger partial charge in [-0.05, 0) is 18.8 Å². The van der Waals surface area contributed by atoms with E-state index in [-0.39, 0.29) is 16.7 Å². The maximum Gasteiger partial charge on any atom is 0.360 e.